The highest BCUT2D eigenvalue weighted by Crippen LogP contribution is 2.32. The van der Waals surface area contributed by atoms with E-state index in [-0.39, 0.29) is 29.7 Å². The minimum atomic E-state index is -3.54. The lowest BCUT2D eigenvalue weighted by Gasteiger charge is -2.29. The van der Waals surface area contributed by atoms with Crippen molar-refractivity contribution in [1.82, 2.24) is 4.31 Å². The third-order valence-electron chi connectivity index (χ3n) is 5.71. The summed E-state index contributed by atoms with van der Waals surface area (Å²) in [6.45, 7) is 2.78. The number of aryl methyl sites for hydroxylation is 2. The van der Waals surface area contributed by atoms with Crippen molar-refractivity contribution < 1.29 is 18.0 Å². The second kappa shape index (κ2) is 8.61. The Labute approximate surface area is 187 Å². The first-order chi connectivity index (χ1) is 14.8. The number of nitrogens with one attached hydrogen (secondary N) is 1. The van der Waals surface area contributed by atoms with Crippen LogP contribution < -0.4 is 10.2 Å². The number of hydrogen-bond donors (Lipinski definition) is 1. The molecular weight excluding hydrogens is 438 g/mol. The minimum Gasteiger partial charge on any atom is -0.324 e. The summed E-state index contributed by atoms with van der Waals surface area (Å²) in [4.78, 5) is 26.8. The average molecular weight is 462 g/mol. The van der Waals surface area contributed by atoms with Crippen LogP contribution in [0.1, 0.15) is 30.4 Å². The number of carbonyl (C=O) groups excluding carboxylic acids is 2. The molecule has 164 valence electrons. The second-order valence-electron chi connectivity index (χ2n) is 7.89. The molecule has 0 spiro atoms. The van der Waals surface area contributed by atoms with Crippen LogP contribution in [0.15, 0.2) is 41.3 Å². The van der Waals surface area contributed by atoms with Crippen molar-refractivity contribution >= 4 is 44.8 Å². The van der Waals surface area contributed by atoms with Gasteiger partial charge >= 0.3 is 0 Å². The third kappa shape index (κ3) is 4.46. The van der Waals surface area contributed by atoms with Gasteiger partial charge < -0.3 is 10.2 Å². The minimum absolute atomic E-state index is 0.157. The Bertz CT molecular complexity index is 1140. The summed E-state index contributed by atoms with van der Waals surface area (Å²) in [6, 6.07) is 10.0. The van der Waals surface area contributed by atoms with Crippen LogP contribution in [0, 0.1) is 6.92 Å². The third-order valence-corrected chi connectivity index (χ3v) is 8.01. The van der Waals surface area contributed by atoms with Gasteiger partial charge in [0, 0.05) is 35.9 Å². The van der Waals surface area contributed by atoms with Crippen molar-refractivity contribution in [3.05, 3.63) is 52.5 Å². The lowest BCUT2D eigenvalue weighted by atomic mass is 10.0. The van der Waals surface area contributed by atoms with E-state index >= 15 is 0 Å². The number of fused-ring (bicyclic) bond motifs is 1. The van der Waals surface area contributed by atoms with E-state index in [9.17, 15) is 18.0 Å². The molecule has 2 amide bonds. The van der Waals surface area contributed by atoms with Gasteiger partial charge in [0.15, 0.2) is 0 Å². The smallest absolute Gasteiger partial charge is 0.244 e. The molecule has 0 atom stereocenters. The number of amides is 2. The van der Waals surface area contributed by atoms with Crippen LogP contribution in [-0.4, -0.2) is 44.2 Å². The standard InChI is InChI=1S/C22H24ClN3O4S/c1-15-4-6-17(13-19(15)23)24-21(27)14-26-20-8-7-18(12-16(20)5-9-22(26)28)31(29,30)25-10-2-3-11-25/h4,6-8,12-13H,2-3,5,9-11,14H2,1H3,(H,24,27). The van der Waals surface area contributed by atoms with E-state index in [1.807, 2.05) is 13.0 Å². The summed E-state index contributed by atoms with van der Waals surface area (Å²) in [5.74, 6) is -0.519. The molecule has 2 aromatic carbocycles. The van der Waals surface area contributed by atoms with E-state index in [0.717, 1.165) is 24.0 Å². The Morgan fingerprint density at radius 3 is 2.55 bits per heavy atom. The molecule has 0 aliphatic carbocycles. The quantitative estimate of drug-likeness (QED) is 0.739. The average Bonchev–Trinajstić information content (AvgIpc) is 3.28. The Kier molecular flexibility index (Phi) is 6.05. The molecule has 2 heterocycles. The van der Waals surface area contributed by atoms with Gasteiger partial charge in [0.25, 0.3) is 0 Å². The van der Waals surface area contributed by atoms with Gasteiger partial charge in [0.1, 0.15) is 6.54 Å². The number of sulfonamides is 1. The SMILES string of the molecule is Cc1ccc(NC(=O)CN2C(=O)CCc3cc(S(=O)(=O)N4CCCC4)ccc32)cc1Cl. The first-order valence-corrected chi connectivity index (χ1v) is 12.1. The maximum absolute atomic E-state index is 12.9. The highest BCUT2D eigenvalue weighted by molar-refractivity contribution is 7.89. The Morgan fingerprint density at radius 1 is 1.10 bits per heavy atom. The highest BCUT2D eigenvalue weighted by Gasteiger charge is 2.31. The summed E-state index contributed by atoms with van der Waals surface area (Å²) in [5.41, 5.74) is 2.79. The number of rotatable bonds is 5. The number of carbonyl (C=O) groups is 2. The topological polar surface area (TPSA) is 86.8 Å². The zero-order valence-corrected chi connectivity index (χ0v) is 18.8. The normalized spacial score (nSPS) is 17.0. The molecule has 0 aromatic heterocycles. The van der Waals surface area contributed by atoms with Gasteiger partial charge in [-0.3, -0.25) is 9.59 Å². The molecular formula is C22H24ClN3O4S. The number of anilines is 2. The van der Waals surface area contributed by atoms with Crippen molar-refractivity contribution in [3.8, 4) is 0 Å². The molecule has 0 saturated carbocycles. The fourth-order valence-electron chi connectivity index (χ4n) is 3.96. The maximum atomic E-state index is 12.9. The van der Waals surface area contributed by atoms with Crippen LogP contribution in [0.2, 0.25) is 5.02 Å². The lowest BCUT2D eigenvalue weighted by molar-refractivity contribution is -0.121. The molecule has 1 saturated heterocycles. The molecule has 31 heavy (non-hydrogen) atoms. The van der Waals surface area contributed by atoms with E-state index in [1.54, 1.807) is 24.3 Å². The van der Waals surface area contributed by atoms with Gasteiger partial charge in [-0.1, -0.05) is 17.7 Å². The zero-order valence-electron chi connectivity index (χ0n) is 17.2. The molecule has 2 aliphatic rings. The van der Waals surface area contributed by atoms with Crippen LogP contribution in [-0.2, 0) is 26.0 Å². The molecule has 1 N–H and O–H groups in total. The van der Waals surface area contributed by atoms with Gasteiger partial charge in [0.2, 0.25) is 21.8 Å². The van der Waals surface area contributed by atoms with Gasteiger partial charge in [-0.25, -0.2) is 8.42 Å². The monoisotopic (exact) mass is 461 g/mol. The van der Waals surface area contributed by atoms with Crippen molar-refractivity contribution in [1.29, 1.82) is 0 Å². The molecule has 0 unspecified atom stereocenters. The van der Waals surface area contributed by atoms with E-state index in [0.29, 0.717) is 35.9 Å². The van der Waals surface area contributed by atoms with Gasteiger partial charge in [-0.2, -0.15) is 4.31 Å². The van der Waals surface area contributed by atoms with Crippen molar-refractivity contribution in [3.63, 3.8) is 0 Å². The van der Waals surface area contributed by atoms with E-state index in [4.69, 9.17) is 11.6 Å². The van der Waals surface area contributed by atoms with E-state index in [1.165, 1.54) is 15.3 Å². The Balaban J connectivity index is 1.54. The van der Waals surface area contributed by atoms with Crippen LogP contribution in [0.4, 0.5) is 11.4 Å². The summed E-state index contributed by atoms with van der Waals surface area (Å²) in [6.07, 6.45) is 2.41. The number of benzene rings is 2. The first-order valence-electron chi connectivity index (χ1n) is 10.2. The van der Waals surface area contributed by atoms with E-state index in [2.05, 4.69) is 5.32 Å². The number of hydrogen-bond acceptors (Lipinski definition) is 4. The predicted molar refractivity (Wildman–Crippen MR) is 120 cm³/mol. The number of halogens is 1. The fourth-order valence-corrected chi connectivity index (χ4v) is 5.71. The Morgan fingerprint density at radius 2 is 1.84 bits per heavy atom. The van der Waals surface area contributed by atoms with Crippen molar-refractivity contribution in [2.45, 2.75) is 37.5 Å². The van der Waals surface area contributed by atoms with Crippen molar-refractivity contribution in [2.24, 2.45) is 0 Å². The fraction of sp³-hybridized carbons (Fsp3) is 0.364. The molecule has 7 nitrogen and oxygen atoms in total. The van der Waals surface area contributed by atoms with Crippen LogP contribution in [0.3, 0.4) is 0 Å². The summed E-state index contributed by atoms with van der Waals surface area (Å²) < 4.78 is 27.2. The number of nitrogens with zero attached hydrogens (tertiary/aromatic N) is 2. The first kappa shape index (κ1) is 21.8. The Hall–Kier alpha value is -2.42. The molecule has 0 radical (unpaired) electrons. The second-order valence-corrected chi connectivity index (χ2v) is 10.2. The zero-order chi connectivity index (χ0) is 22.2. The van der Waals surface area contributed by atoms with Gasteiger partial charge in [-0.05, 0) is 67.6 Å². The van der Waals surface area contributed by atoms with Crippen molar-refractivity contribution in [2.75, 3.05) is 29.9 Å². The molecule has 0 bridgehead atoms. The lowest BCUT2D eigenvalue weighted by Crippen LogP contribution is -2.41. The molecule has 1 fully saturated rings. The highest BCUT2D eigenvalue weighted by atomic mass is 35.5. The van der Waals surface area contributed by atoms with Crippen LogP contribution in [0.25, 0.3) is 0 Å². The van der Waals surface area contributed by atoms with Gasteiger partial charge in [0.05, 0.1) is 4.90 Å². The molecule has 2 aromatic rings. The van der Waals surface area contributed by atoms with Gasteiger partial charge in [-0.15, -0.1) is 0 Å². The summed E-state index contributed by atoms with van der Waals surface area (Å²) >= 11 is 6.11. The maximum Gasteiger partial charge on any atom is 0.244 e. The van der Waals surface area contributed by atoms with Crippen LogP contribution in [0.5, 0.6) is 0 Å². The van der Waals surface area contributed by atoms with E-state index < -0.39 is 10.0 Å². The van der Waals surface area contributed by atoms with Crippen LogP contribution >= 0.6 is 11.6 Å². The molecule has 2 aliphatic heterocycles. The predicted octanol–water partition coefficient (Wildman–Crippen LogP) is 3.35. The summed E-state index contributed by atoms with van der Waals surface area (Å²) in [5, 5.41) is 3.31. The molecule has 9 heteroatoms. The summed E-state index contributed by atoms with van der Waals surface area (Å²) in [7, 11) is -3.54. The largest absolute Gasteiger partial charge is 0.324 e. The molecule has 4 rings (SSSR count).